The molecular weight excluding hydrogens is 266 g/mol. The van der Waals surface area contributed by atoms with Crippen molar-refractivity contribution in [2.24, 2.45) is 0 Å². The van der Waals surface area contributed by atoms with Crippen molar-refractivity contribution in [1.29, 1.82) is 0 Å². The maximum Gasteiger partial charge on any atom is 0.0829 e. The largest absolute Gasteiger partial charge is 0.312 e. The number of nitrogens with zero attached hydrogens (tertiary/aromatic N) is 2. The lowest BCUT2D eigenvalue weighted by atomic mass is 10.0. The normalized spacial score (nSPS) is 13.1. The van der Waals surface area contributed by atoms with Crippen LogP contribution in [-0.2, 0) is 0 Å². The average Bonchev–Trinajstić information content (AvgIpc) is 2.91. The number of hydrogen-bond acceptors (Lipinski definition) is 4. The van der Waals surface area contributed by atoms with Gasteiger partial charge in [0.15, 0.2) is 0 Å². The molecule has 1 atom stereocenters. The molecule has 0 bridgehead atoms. The Bertz CT molecular complexity index is 349. The van der Waals surface area contributed by atoms with Gasteiger partial charge in [0, 0.05) is 6.04 Å². The van der Waals surface area contributed by atoms with Crippen LogP contribution in [0.15, 0.2) is 0 Å². The molecule has 1 N–H and O–H groups in total. The molecule has 116 valence electrons. The molecule has 3 nitrogen and oxygen atoms in total. The summed E-state index contributed by atoms with van der Waals surface area (Å²) in [5, 5.41) is 7.73. The SMILES string of the molecule is CCCCCCCCCC(NC)c1snnc1C(C)C. The van der Waals surface area contributed by atoms with Gasteiger partial charge in [0.25, 0.3) is 0 Å². The van der Waals surface area contributed by atoms with Crippen molar-refractivity contribution < 1.29 is 0 Å². The first kappa shape index (κ1) is 17.6. The zero-order valence-corrected chi connectivity index (χ0v) is 14.4. The van der Waals surface area contributed by atoms with Crippen LogP contribution < -0.4 is 5.32 Å². The van der Waals surface area contributed by atoms with E-state index in [0.717, 1.165) is 0 Å². The fourth-order valence-corrected chi connectivity index (χ4v) is 3.51. The summed E-state index contributed by atoms with van der Waals surface area (Å²) in [6, 6.07) is 0.433. The van der Waals surface area contributed by atoms with E-state index in [1.165, 1.54) is 61.9 Å². The van der Waals surface area contributed by atoms with Gasteiger partial charge < -0.3 is 5.32 Å². The molecule has 1 heterocycles. The molecule has 0 aromatic carbocycles. The van der Waals surface area contributed by atoms with Gasteiger partial charge >= 0.3 is 0 Å². The molecule has 1 rings (SSSR count). The molecule has 20 heavy (non-hydrogen) atoms. The highest BCUT2D eigenvalue weighted by Gasteiger charge is 2.19. The van der Waals surface area contributed by atoms with Crippen LogP contribution in [0.25, 0.3) is 0 Å². The summed E-state index contributed by atoms with van der Waals surface area (Å²) in [7, 11) is 2.05. The maximum atomic E-state index is 4.29. The predicted molar refractivity (Wildman–Crippen MR) is 88.4 cm³/mol. The fraction of sp³-hybridized carbons (Fsp3) is 0.875. The van der Waals surface area contributed by atoms with Crippen LogP contribution in [0.1, 0.15) is 94.7 Å². The number of nitrogens with one attached hydrogen (secondary N) is 1. The number of hydrogen-bond donors (Lipinski definition) is 1. The van der Waals surface area contributed by atoms with Gasteiger partial charge in [0.05, 0.1) is 10.6 Å². The second-order valence-electron chi connectivity index (χ2n) is 5.93. The van der Waals surface area contributed by atoms with Crippen molar-refractivity contribution in [1.82, 2.24) is 14.9 Å². The van der Waals surface area contributed by atoms with E-state index >= 15 is 0 Å². The highest BCUT2D eigenvalue weighted by atomic mass is 32.1. The van der Waals surface area contributed by atoms with Gasteiger partial charge in [0.2, 0.25) is 0 Å². The van der Waals surface area contributed by atoms with Gasteiger partial charge in [0.1, 0.15) is 0 Å². The Morgan fingerprint density at radius 2 is 1.70 bits per heavy atom. The van der Waals surface area contributed by atoms with E-state index in [0.29, 0.717) is 12.0 Å². The first-order valence-corrected chi connectivity index (χ1v) is 8.97. The maximum absolute atomic E-state index is 4.29. The minimum Gasteiger partial charge on any atom is -0.312 e. The first-order chi connectivity index (χ1) is 9.70. The highest BCUT2D eigenvalue weighted by molar-refractivity contribution is 7.05. The lowest BCUT2D eigenvalue weighted by molar-refractivity contribution is 0.496. The average molecular weight is 298 g/mol. The summed E-state index contributed by atoms with van der Waals surface area (Å²) in [5.74, 6) is 0.466. The Labute approximate surface area is 128 Å². The van der Waals surface area contributed by atoms with Crippen LogP contribution in [-0.4, -0.2) is 16.6 Å². The Hall–Kier alpha value is -0.480. The third kappa shape index (κ3) is 5.88. The summed E-state index contributed by atoms with van der Waals surface area (Å²) < 4.78 is 4.14. The first-order valence-electron chi connectivity index (χ1n) is 8.20. The van der Waals surface area contributed by atoms with Crippen molar-refractivity contribution in [3.63, 3.8) is 0 Å². The smallest absolute Gasteiger partial charge is 0.0829 e. The minimum absolute atomic E-state index is 0.433. The van der Waals surface area contributed by atoms with E-state index < -0.39 is 0 Å². The van der Waals surface area contributed by atoms with E-state index in [4.69, 9.17) is 0 Å². The summed E-state index contributed by atoms with van der Waals surface area (Å²) in [6.45, 7) is 6.66. The number of unbranched alkanes of at least 4 members (excludes halogenated alkanes) is 6. The van der Waals surface area contributed by atoms with Crippen LogP contribution >= 0.6 is 11.5 Å². The molecule has 0 aliphatic carbocycles. The Kier molecular flexibility index (Phi) is 9.03. The van der Waals surface area contributed by atoms with Crippen molar-refractivity contribution in [3.8, 4) is 0 Å². The van der Waals surface area contributed by atoms with Crippen LogP contribution in [0.2, 0.25) is 0 Å². The fourth-order valence-electron chi connectivity index (χ4n) is 2.56. The molecule has 0 amide bonds. The van der Waals surface area contributed by atoms with Crippen molar-refractivity contribution in [2.45, 2.75) is 84.1 Å². The molecule has 0 aliphatic heterocycles. The van der Waals surface area contributed by atoms with E-state index in [1.54, 1.807) is 11.5 Å². The van der Waals surface area contributed by atoms with E-state index in [1.807, 2.05) is 0 Å². The van der Waals surface area contributed by atoms with Gasteiger partial charge in [-0.3, -0.25) is 0 Å². The molecule has 0 spiro atoms. The van der Waals surface area contributed by atoms with Crippen molar-refractivity contribution >= 4 is 11.5 Å². The van der Waals surface area contributed by atoms with E-state index in [2.05, 4.69) is 42.7 Å². The topological polar surface area (TPSA) is 37.8 Å². The molecule has 1 unspecified atom stereocenters. The van der Waals surface area contributed by atoms with Crippen molar-refractivity contribution in [3.05, 3.63) is 10.6 Å². The third-order valence-corrected chi connectivity index (χ3v) is 4.70. The molecular formula is C16H31N3S. The molecule has 0 aliphatic rings. The summed E-state index contributed by atoms with van der Waals surface area (Å²) in [4.78, 5) is 1.34. The van der Waals surface area contributed by atoms with Gasteiger partial charge in [-0.2, -0.15) is 0 Å². The summed E-state index contributed by atoms with van der Waals surface area (Å²) in [5.41, 5.74) is 1.18. The molecule has 0 radical (unpaired) electrons. The molecule has 0 fully saturated rings. The monoisotopic (exact) mass is 297 g/mol. The standard InChI is InChI=1S/C16H31N3S/c1-5-6-7-8-9-10-11-12-14(17-4)16-15(13(2)3)18-19-20-16/h13-14,17H,5-12H2,1-4H3. The van der Waals surface area contributed by atoms with Crippen molar-refractivity contribution in [2.75, 3.05) is 7.05 Å². The number of aromatic nitrogens is 2. The zero-order chi connectivity index (χ0) is 14.8. The van der Waals surface area contributed by atoms with Crippen LogP contribution in [0.3, 0.4) is 0 Å². The quantitative estimate of drug-likeness (QED) is 0.580. The molecule has 0 saturated heterocycles. The summed E-state index contributed by atoms with van der Waals surface area (Å²) >= 11 is 1.56. The van der Waals surface area contributed by atoms with Gasteiger partial charge in [-0.1, -0.05) is 70.2 Å². The lowest BCUT2D eigenvalue weighted by Gasteiger charge is -2.16. The predicted octanol–water partition coefficient (Wildman–Crippen LogP) is 5.06. The molecule has 1 aromatic rings. The van der Waals surface area contributed by atoms with Gasteiger partial charge in [-0.15, -0.1) is 5.10 Å². The highest BCUT2D eigenvalue weighted by Crippen LogP contribution is 2.29. The van der Waals surface area contributed by atoms with Gasteiger partial charge in [-0.25, -0.2) is 0 Å². The molecule has 4 heteroatoms. The Balaban J connectivity index is 2.31. The van der Waals surface area contributed by atoms with E-state index in [9.17, 15) is 0 Å². The van der Waals surface area contributed by atoms with E-state index in [-0.39, 0.29) is 0 Å². The molecule has 1 aromatic heterocycles. The third-order valence-electron chi connectivity index (χ3n) is 3.85. The lowest BCUT2D eigenvalue weighted by Crippen LogP contribution is -2.17. The Morgan fingerprint density at radius 1 is 1.05 bits per heavy atom. The van der Waals surface area contributed by atoms with Crippen LogP contribution in [0, 0.1) is 0 Å². The van der Waals surface area contributed by atoms with Crippen LogP contribution in [0.4, 0.5) is 0 Å². The second kappa shape index (κ2) is 10.3. The van der Waals surface area contributed by atoms with Gasteiger partial charge in [-0.05, 0) is 30.9 Å². The summed E-state index contributed by atoms with van der Waals surface area (Å²) in [6.07, 6.45) is 10.8. The second-order valence-corrected chi connectivity index (χ2v) is 6.71. The number of rotatable bonds is 11. The molecule has 0 saturated carbocycles. The minimum atomic E-state index is 0.433. The van der Waals surface area contributed by atoms with Crippen LogP contribution in [0.5, 0.6) is 0 Å². The Morgan fingerprint density at radius 3 is 2.30 bits per heavy atom. The zero-order valence-electron chi connectivity index (χ0n) is 13.6.